The number of aliphatic hydroxyl groups excluding tert-OH is 2. The summed E-state index contributed by atoms with van der Waals surface area (Å²) in [6.45, 7) is 6.96. The highest BCUT2D eigenvalue weighted by Crippen LogP contribution is 2.30. The van der Waals surface area contributed by atoms with Crippen LogP contribution in [0.4, 0.5) is 0 Å². The maximum Gasteiger partial charge on any atom is 0.227 e. The maximum absolute atomic E-state index is 12.6. The standard InChI is InChI=1S/C19H25NO4/c1-11-6-12(2)18-15(10-24-19(18)13(11)3)7-17(23)20-5-4-14(9-21)16(22)8-20/h6,10,14,16,21-22H,4-5,7-9H2,1-3H3/t14-,16+/m1/s1. The number of piperidine rings is 1. The Morgan fingerprint density at radius 1 is 1.33 bits per heavy atom. The zero-order valence-corrected chi connectivity index (χ0v) is 14.5. The number of carbonyl (C=O) groups excluding carboxylic acids is 1. The molecule has 0 radical (unpaired) electrons. The highest BCUT2D eigenvalue weighted by molar-refractivity contribution is 5.92. The monoisotopic (exact) mass is 331 g/mol. The summed E-state index contributed by atoms with van der Waals surface area (Å²) >= 11 is 0. The van der Waals surface area contributed by atoms with Gasteiger partial charge in [0.05, 0.1) is 18.8 Å². The Kier molecular flexibility index (Phi) is 4.65. The normalized spacial score (nSPS) is 21.5. The third kappa shape index (κ3) is 2.94. The number of aryl methyl sites for hydroxylation is 3. The lowest BCUT2D eigenvalue weighted by molar-refractivity contribution is -0.135. The number of hydrogen-bond donors (Lipinski definition) is 2. The largest absolute Gasteiger partial charge is 0.464 e. The van der Waals surface area contributed by atoms with Crippen LogP contribution in [0, 0.1) is 26.7 Å². The number of β-amino-alcohol motifs (C(OH)–C–C–N with tert-alkyl or cyclic N) is 1. The van der Waals surface area contributed by atoms with Gasteiger partial charge in [0.15, 0.2) is 0 Å². The van der Waals surface area contributed by atoms with Crippen LogP contribution in [0.2, 0.25) is 0 Å². The number of furan rings is 1. The second-order valence-corrected chi connectivity index (χ2v) is 6.92. The van der Waals surface area contributed by atoms with Crippen LogP contribution in [0.5, 0.6) is 0 Å². The van der Waals surface area contributed by atoms with Crippen LogP contribution in [0.1, 0.15) is 28.7 Å². The third-order valence-electron chi connectivity index (χ3n) is 5.28. The van der Waals surface area contributed by atoms with E-state index in [0.717, 1.165) is 27.7 Å². The summed E-state index contributed by atoms with van der Waals surface area (Å²) in [4.78, 5) is 14.3. The van der Waals surface area contributed by atoms with Gasteiger partial charge in [-0.25, -0.2) is 0 Å². The fourth-order valence-corrected chi connectivity index (χ4v) is 3.61. The molecule has 2 N–H and O–H groups in total. The van der Waals surface area contributed by atoms with Gasteiger partial charge in [-0.2, -0.15) is 0 Å². The van der Waals surface area contributed by atoms with Crippen molar-refractivity contribution in [2.24, 2.45) is 5.92 Å². The van der Waals surface area contributed by atoms with Gasteiger partial charge in [0, 0.05) is 36.6 Å². The summed E-state index contributed by atoms with van der Waals surface area (Å²) in [5, 5.41) is 20.3. The zero-order valence-electron chi connectivity index (χ0n) is 14.5. The van der Waals surface area contributed by atoms with Crippen LogP contribution in [-0.4, -0.2) is 46.8 Å². The van der Waals surface area contributed by atoms with Crippen molar-refractivity contribution in [1.29, 1.82) is 0 Å². The molecule has 0 aliphatic carbocycles. The number of carbonyl (C=O) groups is 1. The molecule has 130 valence electrons. The fraction of sp³-hybridized carbons (Fsp3) is 0.526. The van der Waals surface area contributed by atoms with Crippen molar-refractivity contribution in [3.63, 3.8) is 0 Å². The molecule has 1 aromatic carbocycles. The lowest BCUT2D eigenvalue weighted by Gasteiger charge is -2.35. The molecule has 2 heterocycles. The Bertz CT molecular complexity index is 764. The van der Waals surface area contributed by atoms with Gasteiger partial charge in [-0.1, -0.05) is 6.07 Å². The molecule has 1 aliphatic heterocycles. The summed E-state index contributed by atoms with van der Waals surface area (Å²) in [6, 6.07) is 2.12. The van der Waals surface area contributed by atoms with Crippen molar-refractivity contribution in [3.05, 3.63) is 34.6 Å². The highest BCUT2D eigenvalue weighted by Gasteiger charge is 2.30. The Hall–Kier alpha value is -1.85. The minimum Gasteiger partial charge on any atom is -0.464 e. The molecular weight excluding hydrogens is 306 g/mol. The molecule has 0 bridgehead atoms. The van der Waals surface area contributed by atoms with Crippen LogP contribution in [0.15, 0.2) is 16.7 Å². The second-order valence-electron chi connectivity index (χ2n) is 6.92. The van der Waals surface area contributed by atoms with E-state index in [4.69, 9.17) is 4.42 Å². The summed E-state index contributed by atoms with van der Waals surface area (Å²) in [7, 11) is 0. The van der Waals surface area contributed by atoms with E-state index in [1.54, 1.807) is 11.2 Å². The van der Waals surface area contributed by atoms with Crippen LogP contribution in [0.3, 0.4) is 0 Å². The van der Waals surface area contributed by atoms with Crippen LogP contribution < -0.4 is 0 Å². The SMILES string of the molecule is Cc1cc(C)c2c(CC(=O)N3CC[C@H](CO)[C@@H](O)C3)coc2c1C. The second kappa shape index (κ2) is 6.57. The topological polar surface area (TPSA) is 73.9 Å². The Balaban J connectivity index is 1.81. The van der Waals surface area contributed by atoms with Crippen LogP contribution in [0.25, 0.3) is 11.0 Å². The quantitative estimate of drug-likeness (QED) is 0.903. The van der Waals surface area contributed by atoms with Gasteiger partial charge in [0.2, 0.25) is 5.91 Å². The number of benzene rings is 1. The molecule has 1 fully saturated rings. The van der Waals surface area contributed by atoms with Gasteiger partial charge in [-0.05, 0) is 43.9 Å². The fourth-order valence-electron chi connectivity index (χ4n) is 3.61. The van der Waals surface area contributed by atoms with Gasteiger partial charge in [0.25, 0.3) is 0 Å². The van der Waals surface area contributed by atoms with E-state index < -0.39 is 6.10 Å². The average molecular weight is 331 g/mol. The lowest BCUT2D eigenvalue weighted by Crippen LogP contribution is -2.48. The molecule has 0 unspecified atom stereocenters. The lowest BCUT2D eigenvalue weighted by atomic mass is 9.94. The first-order valence-corrected chi connectivity index (χ1v) is 8.46. The van der Waals surface area contributed by atoms with E-state index in [1.807, 2.05) is 13.8 Å². The summed E-state index contributed by atoms with van der Waals surface area (Å²) in [5.74, 6) is -0.137. The zero-order chi connectivity index (χ0) is 17.4. The number of aliphatic hydroxyl groups is 2. The number of hydrogen-bond acceptors (Lipinski definition) is 4. The number of fused-ring (bicyclic) bond motifs is 1. The van der Waals surface area contributed by atoms with Crippen molar-refractivity contribution < 1.29 is 19.4 Å². The van der Waals surface area contributed by atoms with Crippen molar-refractivity contribution in [1.82, 2.24) is 4.90 Å². The van der Waals surface area contributed by atoms with Gasteiger partial charge in [0.1, 0.15) is 5.58 Å². The minimum absolute atomic E-state index is 0.00855. The van der Waals surface area contributed by atoms with Crippen LogP contribution >= 0.6 is 0 Å². The van der Waals surface area contributed by atoms with Gasteiger partial charge in [-0.15, -0.1) is 0 Å². The molecule has 1 aromatic heterocycles. The van der Waals surface area contributed by atoms with Crippen molar-refractivity contribution in [2.45, 2.75) is 39.7 Å². The van der Waals surface area contributed by atoms with E-state index in [2.05, 4.69) is 13.0 Å². The molecule has 0 spiro atoms. The molecule has 5 nitrogen and oxygen atoms in total. The molecule has 1 saturated heterocycles. The smallest absolute Gasteiger partial charge is 0.227 e. The molecule has 0 saturated carbocycles. The minimum atomic E-state index is -0.652. The van der Waals surface area contributed by atoms with Crippen molar-refractivity contribution in [2.75, 3.05) is 19.7 Å². The van der Waals surface area contributed by atoms with Crippen LogP contribution in [-0.2, 0) is 11.2 Å². The summed E-state index contributed by atoms with van der Waals surface area (Å²) < 4.78 is 5.73. The average Bonchev–Trinajstić information content (AvgIpc) is 2.97. The van der Waals surface area contributed by atoms with Gasteiger partial charge in [-0.3, -0.25) is 4.79 Å². The Labute approximate surface area is 141 Å². The number of nitrogens with zero attached hydrogens (tertiary/aromatic N) is 1. The van der Waals surface area contributed by atoms with Crippen molar-refractivity contribution >= 4 is 16.9 Å². The molecule has 5 heteroatoms. The molecule has 1 amide bonds. The predicted octanol–water partition coefficient (Wildman–Crippen LogP) is 2.10. The first-order valence-electron chi connectivity index (χ1n) is 8.46. The molecule has 3 rings (SSSR count). The first-order chi connectivity index (χ1) is 11.4. The van der Waals surface area contributed by atoms with Gasteiger partial charge < -0.3 is 19.5 Å². The van der Waals surface area contributed by atoms with E-state index in [0.29, 0.717) is 13.0 Å². The molecule has 24 heavy (non-hydrogen) atoms. The summed E-state index contributed by atoms with van der Waals surface area (Å²) in [6.07, 6.45) is 1.93. The van der Waals surface area contributed by atoms with E-state index in [-0.39, 0.29) is 31.4 Å². The van der Waals surface area contributed by atoms with Gasteiger partial charge >= 0.3 is 0 Å². The van der Waals surface area contributed by atoms with E-state index in [1.165, 1.54) is 5.56 Å². The third-order valence-corrected chi connectivity index (χ3v) is 5.28. The number of amides is 1. The molecule has 2 aromatic rings. The highest BCUT2D eigenvalue weighted by atomic mass is 16.3. The Morgan fingerprint density at radius 3 is 2.75 bits per heavy atom. The maximum atomic E-state index is 12.6. The molecular formula is C19H25NO4. The van der Waals surface area contributed by atoms with Crippen molar-refractivity contribution in [3.8, 4) is 0 Å². The molecule has 2 atom stereocenters. The first kappa shape index (κ1) is 17.0. The Morgan fingerprint density at radius 2 is 2.08 bits per heavy atom. The van der Waals surface area contributed by atoms with E-state index in [9.17, 15) is 15.0 Å². The molecule has 1 aliphatic rings. The van der Waals surface area contributed by atoms with E-state index >= 15 is 0 Å². The number of likely N-dealkylation sites (tertiary alicyclic amines) is 1. The summed E-state index contributed by atoms with van der Waals surface area (Å²) in [5.41, 5.74) is 5.15. The predicted molar refractivity (Wildman–Crippen MR) is 91.9 cm³/mol. The number of rotatable bonds is 3.